The first-order valence-electron chi connectivity index (χ1n) is 7.54. The minimum atomic E-state index is -3.88. The van der Waals surface area contributed by atoms with Gasteiger partial charge in [-0.15, -0.1) is 0 Å². The number of hydrogen-bond acceptors (Lipinski definition) is 7. The van der Waals surface area contributed by atoms with Gasteiger partial charge in [0.15, 0.2) is 0 Å². The molecule has 1 aromatic heterocycles. The molecule has 0 aromatic carbocycles. The van der Waals surface area contributed by atoms with Crippen molar-refractivity contribution in [3.63, 3.8) is 0 Å². The summed E-state index contributed by atoms with van der Waals surface area (Å²) in [5.74, 6) is -0.0410. The standard InChI is InChI=1S/C14H23BN2O6S/c1-13(2)14(3,4)23-15(22-13)10-8-11(12(21-5)16-9-10)24(19,20)17-6-7-18/h8-9,17-18H,6-7H2,1-5H3. The number of pyridine rings is 1. The van der Waals surface area contributed by atoms with Crippen LogP contribution in [0.25, 0.3) is 0 Å². The number of methoxy groups -OCH3 is 1. The van der Waals surface area contributed by atoms with Gasteiger partial charge in [-0.2, -0.15) is 0 Å². The zero-order valence-electron chi connectivity index (χ0n) is 14.5. The molecule has 2 heterocycles. The first kappa shape index (κ1) is 19.1. The summed E-state index contributed by atoms with van der Waals surface area (Å²) < 4.78 is 43.9. The van der Waals surface area contributed by atoms with E-state index in [2.05, 4.69) is 9.71 Å². The predicted octanol–water partition coefficient (Wildman–Crippen LogP) is -0.340. The topological polar surface area (TPSA) is 107 Å². The minimum absolute atomic E-state index is 0.0410. The second-order valence-electron chi connectivity index (χ2n) is 6.49. The number of hydrogen-bond donors (Lipinski definition) is 2. The number of nitrogens with one attached hydrogen (secondary N) is 1. The molecule has 0 bridgehead atoms. The van der Waals surface area contributed by atoms with Crippen molar-refractivity contribution in [2.75, 3.05) is 20.3 Å². The Hall–Kier alpha value is -1.20. The van der Waals surface area contributed by atoms with Gasteiger partial charge in [0.05, 0.1) is 24.9 Å². The quantitative estimate of drug-likeness (QED) is 0.670. The molecule has 0 unspecified atom stereocenters. The lowest BCUT2D eigenvalue weighted by Crippen LogP contribution is -2.41. The van der Waals surface area contributed by atoms with Crippen molar-refractivity contribution in [3.05, 3.63) is 12.3 Å². The van der Waals surface area contributed by atoms with E-state index in [4.69, 9.17) is 19.2 Å². The third kappa shape index (κ3) is 3.57. The molecule has 1 aromatic rings. The van der Waals surface area contributed by atoms with Gasteiger partial charge in [0, 0.05) is 18.2 Å². The number of aliphatic hydroxyl groups excluding tert-OH is 1. The van der Waals surface area contributed by atoms with Crippen LogP contribution in [0, 0.1) is 0 Å². The first-order valence-corrected chi connectivity index (χ1v) is 9.02. The van der Waals surface area contributed by atoms with Gasteiger partial charge in [0.1, 0.15) is 4.90 Å². The second-order valence-corrected chi connectivity index (χ2v) is 8.22. The van der Waals surface area contributed by atoms with Gasteiger partial charge in [-0.3, -0.25) is 0 Å². The van der Waals surface area contributed by atoms with Gasteiger partial charge in [-0.25, -0.2) is 18.1 Å². The van der Waals surface area contributed by atoms with E-state index in [0.29, 0.717) is 5.46 Å². The van der Waals surface area contributed by atoms with Crippen LogP contribution < -0.4 is 14.9 Å². The maximum absolute atomic E-state index is 12.4. The Balaban J connectivity index is 2.40. The fourth-order valence-electron chi connectivity index (χ4n) is 2.16. The Labute approximate surface area is 142 Å². The average molecular weight is 358 g/mol. The largest absolute Gasteiger partial charge is 0.496 e. The number of sulfonamides is 1. The van der Waals surface area contributed by atoms with E-state index in [0.717, 1.165) is 0 Å². The van der Waals surface area contributed by atoms with Crippen molar-refractivity contribution >= 4 is 22.6 Å². The number of rotatable bonds is 6. The van der Waals surface area contributed by atoms with Crippen LogP contribution in [0.15, 0.2) is 17.2 Å². The van der Waals surface area contributed by atoms with Crippen LogP contribution in [-0.2, 0) is 19.3 Å². The highest BCUT2D eigenvalue weighted by atomic mass is 32.2. The average Bonchev–Trinajstić information content (AvgIpc) is 2.73. The van der Waals surface area contributed by atoms with Crippen LogP contribution in [0.4, 0.5) is 0 Å². The van der Waals surface area contributed by atoms with Gasteiger partial charge in [-0.1, -0.05) is 0 Å². The van der Waals surface area contributed by atoms with Crippen LogP contribution in [0.3, 0.4) is 0 Å². The van der Waals surface area contributed by atoms with Gasteiger partial charge in [0.2, 0.25) is 15.9 Å². The Morgan fingerprint density at radius 2 is 1.88 bits per heavy atom. The smallest absolute Gasteiger partial charge is 0.480 e. The lowest BCUT2D eigenvalue weighted by molar-refractivity contribution is 0.00578. The van der Waals surface area contributed by atoms with Crippen molar-refractivity contribution in [1.29, 1.82) is 0 Å². The Kier molecular flexibility index (Phi) is 5.26. The van der Waals surface area contributed by atoms with Crippen molar-refractivity contribution in [2.45, 2.75) is 43.8 Å². The SMILES string of the molecule is COc1ncc(B2OC(C)(C)C(C)(C)O2)cc1S(=O)(=O)NCCO. The summed E-state index contributed by atoms with van der Waals surface area (Å²) >= 11 is 0. The summed E-state index contributed by atoms with van der Waals surface area (Å²) in [5.41, 5.74) is -0.629. The van der Waals surface area contributed by atoms with E-state index in [9.17, 15) is 8.42 Å². The summed E-state index contributed by atoms with van der Waals surface area (Å²) in [6.07, 6.45) is 1.46. The van der Waals surface area contributed by atoms with Crippen molar-refractivity contribution < 1.29 is 27.6 Å². The van der Waals surface area contributed by atoms with Crippen LogP contribution in [-0.4, -0.2) is 57.1 Å². The van der Waals surface area contributed by atoms with Crippen LogP contribution >= 0.6 is 0 Å². The summed E-state index contributed by atoms with van der Waals surface area (Å²) in [6, 6.07) is 1.41. The zero-order chi connectivity index (χ0) is 18.2. The fraction of sp³-hybridized carbons (Fsp3) is 0.643. The van der Waals surface area contributed by atoms with E-state index in [1.54, 1.807) is 0 Å². The zero-order valence-corrected chi connectivity index (χ0v) is 15.3. The summed E-state index contributed by atoms with van der Waals surface area (Å²) in [6.45, 7) is 7.21. The van der Waals surface area contributed by atoms with Crippen molar-refractivity contribution in [3.8, 4) is 5.88 Å². The molecule has 134 valence electrons. The Morgan fingerprint density at radius 3 is 2.38 bits per heavy atom. The number of nitrogens with zero attached hydrogens (tertiary/aromatic N) is 1. The molecule has 0 saturated carbocycles. The second kappa shape index (κ2) is 6.60. The van der Waals surface area contributed by atoms with Gasteiger partial charge < -0.3 is 19.2 Å². The molecule has 2 N–H and O–H groups in total. The molecular weight excluding hydrogens is 335 g/mol. The highest BCUT2D eigenvalue weighted by Gasteiger charge is 2.52. The van der Waals surface area contributed by atoms with E-state index in [1.807, 2.05) is 27.7 Å². The molecule has 1 aliphatic heterocycles. The summed E-state index contributed by atoms with van der Waals surface area (Å²) in [7, 11) is -3.28. The number of aliphatic hydroxyl groups is 1. The minimum Gasteiger partial charge on any atom is -0.480 e. The Bertz CT molecular complexity index is 691. The lowest BCUT2D eigenvalue weighted by atomic mass is 9.80. The van der Waals surface area contributed by atoms with Gasteiger partial charge >= 0.3 is 7.12 Å². The third-order valence-corrected chi connectivity index (χ3v) is 5.71. The monoisotopic (exact) mass is 358 g/mol. The molecule has 1 fully saturated rings. The van der Waals surface area contributed by atoms with E-state index < -0.39 is 28.3 Å². The van der Waals surface area contributed by atoms with Crippen molar-refractivity contribution in [2.24, 2.45) is 0 Å². The normalized spacial score (nSPS) is 19.5. The molecular formula is C14H23BN2O6S. The van der Waals surface area contributed by atoms with E-state index in [1.165, 1.54) is 19.4 Å². The summed E-state index contributed by atoms with van der Waals surface area (Å²) in [4.78, 5) is 3.91. The molecule has 0 aliphatic carbocycles. The number of ether oxygens (including phenoxy) is 1. The molecule has 0 radical (unpaired) electrons. The molecule has 2 rings (SSSR count). The maximum atomic E-state index is 12.4. The van der Waals surface area contributed by atoms with Gasteiger partial charge in [0.25, 0.3) is 0 Å². The third-order valence-electron chi connectivity index (χ3n) is 4.25. The molecule has 10 heteroatoms. The van der Waals surface area contributed by atoms with Crippen LogP contribution in [0.1, 0.15) is 27.7 Å². The number of aromatic nitrogens is 1. The predicted molar refractivity (Wildman–Crippen MR) is 88.8 cm³/mol. The van der Waals surface area contributed by atoms with E-state index >= 15 is 0 Å². The van der Waals surface area contributed by atoms with Crippen molar-refractivity contribution in [1.82, 2.24) is 9.71 Å². The molecule has 1 aliphatic rings. The van der Waals surface area contributed by atoms with Crippen LogP contribution in [0.2, 0.25) is 0 Å². The Morgan fingerprint density at radius 1 is 1.29 bits per heavy atom. The molecule has 8 nitrogen and oxygen atoms in total. The molecule has 0 spiro atoms. The fourth-order valence-corrected chi connectivity index (χ4v) is 3.33. The molecule has 1 saturated heterocycles. The van der Waals surface area contributed by atoms with E-state index in [-0.39, 0.29) is 23.9 Å². The van der Waals surface area contributed by atoms with Gasteiger partial charge in [-0.05, 0) is 33.8 Å². The molecule has 0 amide bonds. The first-order chi connectivity index (χ1) is 11.0. The summed E-state index contributed by atoms with van der Waals surface area (Å²) in [5, 5.41) is 8.83. The lowest BCUT2D eigenvalue weighted by Gasteiger charge is -2.32. The highest BCUT2D eigenvalue weighted by Crippen LogP contribution is 2.36. The van der Waals surface area contributed by atoms with Crippen LogP contribution in [0.5, 0.6) is 5.88 Å². The maximum Gasteiger partial charge on any atom is 0.496 e. The molecule has 0 atom stereocenters. The highest BCUT2D eigenvalue weighted by molar-refractivity contribution is 7.89. The molecule has 24 heavy (non-hydrogen) atoms.